The number of nitrogens with zero attached hydrogens (tertiary/aromatic N) is 3. The number of hydrogen-bond acceptors (Lipinski definition) is 3. The number of aromatic nitrogens is 3. The number of aryl methyl sites for hydroxylation is 1. The van der Waals surface area contributed by atoms with Crippen LogP contribution in [0.3, 0.4) is 0 Å². The topological polar surface area (TPSA) is 30.7 Å². The molecule has 0 saturated heterocycles. The van der Waals surface area contributed by atoms with Crippen LogP contribution in [-0.2, 0) is 6.54 Å². The van der Waals surface area contributed by atoms with Crippen LogP contribution in [0.25, 0.3) is 10.2 Å². The van der Waals surface area contributed by atoms with Gasteiger partial charge in [-0.2, -0.15) is 0 Å². The fraction of sp³-hybridized carbons (Fsp3) is 0.111. The van der Waals surface area contributed by atoms with Gasteiger partial charge >= 0.3 is 0 Å². The Balaban J connectivity index is 0.000000139. The first-order chi connectivity index (χ1) is 10.8. The predicted molar refractivity (Wildman–Crippen MR) is 92.1 cm³/mol. The molecule has 0 N–H and O–H groups in total. The molecule has 0 unspecified atom stereocenters. The third-order valence-corrected chi connectivity index (χ3v) is 4.17. The molecule has 4 aromatic rings. The van der Waals surface area contributed by atoms with Gasteiger partial charge in [0, 0.05) is 18.9 Å². The number of para-hydroxylation sites is 1. The van der Waals surface area contributed by atoms with Crippen molar-refractivity contribution in [2.45, 2.75) is 13.5 Å². The van der Waals surface area contributed by atoms with Crippen LogP contribution >= 0.6 is 11.3 Å². The molecule has 0 aliphatic heterocycles. The van der Waals surface area contributed by atoms with Gasteiger partial charge in [-0.1, -0.05) is 42.5 Å². The normalized spacial score (nSPS) is 10.2. The summed E-state index contributed by atoms with van der Waals surface area (Å²) >= 11 is 1.68. The zero-order valence-corrected chi connectivity index (χ0v) is 13.2. The summed E-state index contributed by atoms with van der Waals surface area (Å²) in [7, 11) is 0. The molecular weight excluding hydrogens is 290 g/mol. The van der Waals surface area contributed by atoms with Gasteiger partial charge in [-0.05, 0) is 24.6 Å². The van der Waals surface area contributed by atoms with Gasteiger partial charge in [0.2, 0.25) is 0 Å². The largest absolute Gasteiger partial charge is 0.331 e. The molecule has 2 aromatic heterocycles. The van der Waals surface area contributed by atoms with E-state index < -0.39 is 0 Å². The summed E-state index contributed by atoms with van der Waals surface area (Å²) < 4.78 is 3.40. The van der Waals surface area contributed by atoms with Gasteiger partial charge in [-0.15, -0.1) is 11.3 Å². The SMILES string of the molecule is Cc1nccn1Cc1ccccc1.c1ccc2scnc2c1. The second-order valence-corrected chi connectivity index (χ2v) is 5.79. The number of hydrogen-bond donors (Lipinski definition) is 0. The van der Waals surface area contributed by atoms with E-state index in [4.69, 9.17) is 0 Å². The molecule has 3 nitrogen and oxygen atoms in total. The maximum absolute atomic E-state index is 4.18. The lowest BCUT2D eigenvalue weighted by Gasteiger charge is -2.03. The molecule has 110 valence electrons. The van der Waals surface area contributed by atoms with Crippen molar-refractivity contribution in [1.82, 2.24) is 14.5 Å². The van der Waals surface area contributed by atoms with Crippen molar-refractivity contribution in [2.24, 2.45) is 0 Å². The third-order valence-electron chi connectivity index (χ3n) is 3.36. The Bertz CT molecular complexity index is 803. The van der Waals surface area contributed by atoms with Crippen LogP contribution in [0.1, 0.15) is 11.4 Å². The molecule has 0 atom stereocenters. The lowest BCUT2D eigenvalue weighted by Crippen LogP contribution is -1.99. The zero-order valence-electron chi connectivity index (χ0n) is 12.4. The summed E-state index contributed by atoms with van der Waals surface area (Å²) in [5.41, 5.74) is 4.27. The summed E-state index contributed by atoms with van der Waals surface area (Å²) in [6, 6.07) is 18.5. The second kappa shape index (κ2) is 7.00. The van der Waals surface area contributed by atoms with E-state index in [0.29, 0.717) is 0 Å². The molecule has 2 heterocycles. The van der Waals surface area contributed by atoms with E-state index in [2.05, 4.69) is 44.9 Å². The molecule has 0 spiro atoms. The van der Waals surface area contributed by atoms with Crippen LogP contribution in [0.2, 0.25) is 0 Å². The first-order valence-corrected chi connectivity index (χ1v) is 8.01. The number of imidazole rings is 1. The summed E-state index contributed by atoms with van der Waals surface area (Å²) in [5.74, 6) is 1.06. The molecule has 0 fully saturated rings. The van der Waals surface area contributed by atoms with Crippen LogP contribution in [0.15, 0.2) is 72.5 Å². The first kappa shape index (κ1) is 14.5. The van der Waals surface area contributed by atoms with Crippen molar-refractivity contribution in [3.8, 4) is 0 Å². The van der Waals surface area contributed by atoms with Gasteiger partial charge in [0.1, 0.15) is 5.82 Å². The molecular formula is C18H17N3S. The van der Waals surface area contributed by atoms with Crippen LogP contribution in [-0.4, -0.2) is 14.5 Å². The van der Waals surface area contributed by atoms with Gasteiger partial charge in [0.15, 0.2) is 0 Å². The predicted octanol–water partition coefficient (Wildman–Crippen LogP) is 4.54. The average molecular weight is 307 g/mol. The van der Waals surface area contributed by atoms with Gasteiger partial charge in [0.05, 0.1) is 15.7 Å². The molecule has 0 amide bonds. The Morgan fingerprint density at radius 3 is 2.45 bits per heavy atom. The van der Waals surface area contributed by atoms with Crippen LogP contribution in [0, 0.1) is 6.92 Å². The van der Waals surface area contributed by atoms with E-state index in [1.807, 2.05) is 49.1 Å². The van der Waals surface area contributed by atoms with E-state index in [1.165, 1.54) is 10.3 Å². The zero-order chi connectivity index (χ0) is 15.2. The molecule has 0 aliphatic rings. The molecule has 0 aliphatic carbocycles. The second-order valence-electron chi connectivity index (χ2n) is 4.91. The number of thiazole rings is 1. The molecule has 0 bridgehead atoms. The fourth-order valence-electron chi connectivity index (χ4n) is 2.15. The van der Waals surface area contributed by atoms with E-state index in [-0.39, 0.29) is 0 Å². The van der Waals surface area contributed by atoms with E-state index in [1.54, 1.807) is 11.3 Å². The molecule has 2 aromatic carbocycles. The van der Waals surface area contributed by atoms with Gasteiger partial charge < -0.3 is 4.57 Å². The highest BCUT2D eigenvalue weighted by Crippen LogP contribution is 2.15. The molecule has 22 heavy (non-hydrogen) atoms. The van der Waals surface area contributed by atoms with Crippen molar-refractivity contribution in [3.63, 3.8) is 0 Å². The fourth-order valence-corrected chi connectivity index (χ4v) is 2.83. The highest BCUT2D eigenvalue weighted by atomic mass is 32.1. The summed E-state index contributed by atoms with van der Waals surface area (Å²) in [6.07, 6.45) is 3.83. The minimum atomic E-state index is 0.909. The number of fused-ring (bicyclic) bond motifs is 1. The van der Waals surface area contributed by atoms with Crippen molar-refractivity contribution < 1.29 is 0 Å². The number of rotatable bonds is 2. The van der Waals surface area contributed by atoms with Crippen LogP contribution in [0.4, 0.5) is 0 Å². The third kappa shape index (κ3) is 3.59. The molecule has 4 rings (SSSR count). The first-order valence-electron chi connectivity index (χ1n) is 7.13. The standard InChI is InChI=1S/C11H12N2.C7H5NS/c1-10-12-7-8-13(10)9-11-5-3-2-4-6-11;1-2-4-7-6(3-1)8-5-9-7/h2-8H,9H2,1H3;1-5H. The van der Waals surface area contributed by atoms with Crippen LogP contribution < -0.4 is 0 Å². The Morgan fingerprint density at radius 2 is 1.73 bits per heavy atom. The van der Waals surface area contributed by atoms with E-state index in [9.17, 15) is 0 Å². The summed E-state index contributed by atoms with van der Waals surface area (Å²) in [5, 5.41) is 0. The van der Waals surface area contributed by atoms with Crippen LogP contribution in [0.5, 0.6) is 0 Å². The Labute approximate surface area is 133 Å². The van der Waals surface area contributed by atoms with Crippen molar-refractivity contribution in [2.75, 3.05) is 0 Å². The summed E-state index contributed by atoms with van der Waals surface area (Å²) in [6.45, 7) is 2.93. The van der Waals surface area contributed by atoms with Gasteiger partial charge in [0.25, 0.3) is 0 Å². The number of benzene rings is 2. The lowest BCUT2D eigenvalue weighted by atomic mass is 10.2. The molecule has 0 saturated carbocycles. The van der Waals surface area contributed by atoms with Gasteiger partial charge in [-0.3, -0.25) is 0 Å². The minimum absolute atomic E-state index is 0.909. The minimum Gasteiger partial charge on any atom is -0.331 e. The highest BCUT2D eigenvalue weighted by Gasteiger charge is 1.96. The van der Waals surface area contributed by atoms with E-state index >= 15 is 0 Å². The molecule has 0 radical (unpaired) electrons. The molecule has 4 heteroatoms. The maximum atomic E-state index is 4.18. The lowest BCUT2D eigenvalue weighted by molar-refractivity contribution is 0.762. The maximum Gasteiger partial charge on any atom is 0.105 e. The summed E-state index contributed by atoms with van der Waals surface area (Å²) in [4.78, 5) is 8.31. The monoisotopic (exact) mass is 307 g/mol. The smallest absolute Gasteiger partial charge is 0.105 e. The van der Waals surface area contributed by atoms with Crippen molar-refractivity contribution in [1.29, 1.82) is 0 Å². The Kier molecular flexibility index (Phi) is 4.61. The van der Waals surface area contributed by atoms with Crippen molar-refractivity contribution >= 4 is 21.6 Å². The van der Waals surface area contributed by atoms with Gasteiger partial charge in [-0.25, -0.2) is 9.97 Å². The highest BCUT2D eigenvalue weighted by molar-refractivity contribution is 7.16. The Morgan fingerprint density at radius 1 is 0.955 bits per heavy atom. The average Bonchev–Trinajstić information content (AvgIpc) is 3.18. The van der Waals surface area contributed by atoms with E-state index in [0.717, 1.165) is 17.9 Å². The Hall–Kier alpha value is -2.46. The quantitative estimate of drug-likeness (QED) is 0.544. The van der Waals surface area contributed by atoms with Crippen molar-refractivity contribution in [3.05, 3.63) is 83.9 Å².